The summed E-state index contributed by atoms with van der Waals surface area (Å²) in [7, 11) is 1.94. The summed E-state index contributed by atoms with van der Waals surface area (Å²) in [5.41, 5.74) is 0. The lowest BCUT2D eigenvalue weighted by Gasteiger charge is -2.18. The molecule has 0 radical (unpaired) electrons. The van der Waals surface area contributed by atoms with Gasteiger partial charge in [-0.3, -0.25) is 0 Å². The quantitative estimate of drug-likeness (QED) is 0.584. The van der Waals surface area contributed by atoms with Crippen LogP contribution in [0.4, 0.5) is 0 Å². The second-order valence-corrected chi connectivity index (χ2v) is 3.58. The van der Waals surface area contributed by atoms with Crippen molar-refractivity contribution in [2.45, 2.75) is 6.10 Å². The highest BCUT2D eigenvalue weighted by Gasteiger charge is 2.05. The number of aliphatic hydroxyl groups excluding tert-OH is 2. The van der Waals surface area contributed by atoms with E-state index in [9.17, 15) is 0 Å². The Balaban J connectivity index is 3.27. The van der Waals surface area contributed by atoms with Gasteiger partial charge >= 0.3 is 0 Å². The van der Waals surface area contributed by atoms with Crippen molar-refractivity contribution >= 4 is 11.8 Å². The Kier molecular flexibility index (Phi) is 7.06. The van der Waals surface area contributed by atoms with Gasteiger partial charge in [-0.25, -0.2) is 0 Å². The standard InChI is InChI=1S/C7H17NO2S/c1-8(3-4-11-2)5-7(10)6-9/h7,9-10H,3-6H2,1-2H3. The van der Waals surface area contributed by atoms with Crippen LogP contribution in [0.3, 0.4) is 0 Å². The van der Waals surface area contributed by atoms with E-state index in [1.807, 2.05) is 11.9 Å². The molecular weight excluding hydrogens is 162 g/mol. The van der Waals surface area contributed by atoms with Crippen molar-refractivity contribution in [3.05, 3.63) is 0 Å². The van der Waals surface area contributed by atoms with Crippen LogP contribution in [0.5, 0.6) is 0 Å². The summed E-state index contributed by atoms with van der Waals surface area (Å²) in [5, 5.41) is 17.6. The smallest absolute Gasteiger partial charge is 0.0897 e. The third kappa shape index (κ3) is 6.62. The largest absolute Gasteiger partial charge is 0.394 e. The zero-order valence-electron chi connectivity index (χ0n) is 7.16. The number of rotatable bonds is 6. The molecule has 68 valence electrons. The van der Waals surface area contributed by atoms with Crippen LogP contribution in [0.25, 0.3) is 0 Å². The molecule has 0 aromatic rings. The average molecular weight is 179 g/mol. The maximum absolute atomic E-state index is 9.03. The van der Waals surface area contributed by atoms with Gasteiger partial charge in [-0.2, -0.15) is 11.8 Å². The molecule has 0 aromatic carbocycles. The van der Waals surface area contributed by atoms with Crippen molar-refractivity contribution in [1.29, 1.82) is 0 Å². The van der Waals surface area contributed by atoms with Gasteiger partial charge in [0.1, 0.15) is 0 Å². The lowest BCUT2D eigenvalue weighted by molar-refractivity contribution is 0.0683. The molecule has 3 nitrogen and oxygen atoms in total. The minimum absolute atomic E-state index is 0.149. The van der Waals surface area contributed by atoms with Crippen molar-refractivity contribution in [1.82, 2.24) is 4.90 Å². The molecule has 0 aliphatic carbocycles. The normalized spacial score (nSPS) is 13.9. The summed E-state index contributed by atoms with van der Waals surface area (Å²) in [6.07, 6.45) is 1.46. The van der Waals surface area contributed by atoms with E-state index in [2.05, 4.69) is 6.26 Å². The van der Waals surface area contributed by atoms with E-state index in [1.165, 1.54) is 0 Å². The van der Waals surface area contributed by atoms with Crippen molar-refractivity contribution in [2.24, 2.45) is 0 Å². The summed E-state index contributed by atoms with van der Waals surface area (Å²) < 4.78 is 0. The molecule has 0 aliphatic heterocycles. The predicted molar refractivity (Wildman–Crippen MR) is 49.0 cm³/mol. The Morgan fingerprint density at radius 1 is 1.55 bits per heavy atom. The highest BCUT2D eigenvalue weighted by molar-refractivity contribution is 7.98. The molecule has 0 spiro atoms. The fourth-order valence-corrected chi connectivity index (χ4v) is 1.25. The van der Waals surface area contributed by atoms with Gasteiger partial charge < -0.3 is 15.1 Å². The number of hydrogen-bond donors (Lipinski definition) is 2. The second-order valence-electron chi connectivity index (χ2n) is 2.59. The van der Waals surface area contributed by atoms with Crippen LogP contribution in [0.1, 0.15) is 0 Å². The Hall–Kier alpha value is 0.230. The first-order chi connectivity index (χ1) is 5.20. The molecule has 0 heterocycles. The summed E-state index contributed by atoms with van der Waals surface area (Å²) in [4.78, 5) is 2.01. The van der Waals surface area contributed by atoms with Crippen molar-refractivity contribution in [3.8, 4) is 0 Å². The van der Waals surface area contributed by atoms with Gasteiger partial charge in [-0.15, -0.1) is 0 Å². The molecule has 0 bridgehead atoms. The zero-order chi connectivity index (χ0) is 8.69. The van der Waals surface area contributed by atoms with Crippen molar-refractivity contribution in [2.75, 3.05) is 38.8 Å². The van der Waals surface area contributed by atoms with Crippen molar-refractivity contribution in [3.63, 3.8) is 0 Å². The van der Waals surface area contributed by atoms with Crippen molar-refractivity contribution < 1.29 is 10.2 Å². The fraction of sp³-hybridized carbons (Fsp3) is 1.00. The predicted octanol–water partition coefficient (Wildman–Crippen LogP) is -0.366. The van der Waals surface area contributed by atoms with E-state index in [0.717, 1.165) is 12.3 Å². The van der Waals surface area contributed by atoms with Gasteiger partial charge in [0.05, 0.1) is 12.7 Å². The van der Waals surface area contributed by atoms with E-state index in [0.29, 0.717) is 6.54 Å². The summed E-state index contributed by atoms with van der Waals surface area (Å²) in [5.74, 6) is 1.06. The second kappa shape index (κ2) is 6.91. The van der Waals surface area contributed by atoms with Gasteiger partial charge in [0.15, 0.2) is 0 Å². The number of hydrogen-bond acceptors (Lipinski definition) is 4. The minimum atomic E-state index is -0.596. The molecule has 0 aliphatic rings. The number of likely N-dealkylation sites (N-methyl/N-ethyl adjacent to an activating group) is 1. The van der Waals surface area contributed by atoms with E-state index in [4.69, 9.17) is 10.2 Å². The zero-order valence-corrected chi connectivity index (χ0v) is 7.97. The molecule has 4 heteroatoms. The molecule has 2 N–H and O–H groups in total. The summed E-state index contributed by atoms with van der Waals surface area (Å²) >= 11 is 1.78. The molecule has 0 amide bonds. The van der Waals surface area contributed by atoms with E-state index in [1.54, 1.807) is 11.8 Å². The van der Waals surface area contributed by atoms with Crippen LogP contribution >= 0.6 is 11.8 Å². The molecule has 1 unspecified atom stereocenters. The summed E-state index contributed by atoms with van der Waals surface area (Å²) in [6.45, 7) is 1.36. The first kappa shape index (κ1) is 11.2. The van der Waals surface area contributed by atoms with Crippen LogP contribution in [0, 0.1) is 0 Å². The molecule has 0 aromatic heterocycles. The molecule has 0 saturated carbocycles. The first-order valence-electron chi connectivity index (χ1n) is 3.67. The molecule has 0 fully saturated rings. The van der Waals surface area contributed by atoms with Gasteiger partial charge in [-0.1, -0.05) is 0 Å². The van der Waals surface area contributed by atoms with Crippen LogP contribution in [-0.2, 0) is 0 Å². The highest BCUT2D eigenvalue weighted by atomic mass is 32.2. The fourth-order valence-electron chi connectivity index (χ4n) is 0.756. The Morgan fingerprint density at radius 2 is 2.18 bits per heavy atom. The monoisotopic (exact) mass is 179 g/mol. The topological polar surface area (TPSA) is 43.7 Å². The third-order valence-electron chi connectivity index (χ3n) is 1.41. The Bertz CT molecular complexity index is 92.5. The van der Waals surface area contributed by atoms with Crippen LogP contribution < -0.4 is 0 Å². The van der Waals surface area contributed by atoms with Crippen LogP contribution in [-0.4, -0.2) is 60.0 Å². The van der Waals surface area contributed by atoms with Crippen LogP contribution in [0.15, 0.2) is 0 Å². The van der Waals surface area contributed by atoms with E-state index in [-0.39, 0.29) is 6.61 Å². The Labute approximate surface area is 72.4 Å². The number of nitrogens with zero attached hydrogens (tertiary/aromatic N) is 1. The first-order valence-corrected chi connectivity index (χ1v) is 5.06. The molecular formula is C7H17NO2S. The SMILES string of the molecule is CSCCN(C)CC(O)CO. The van der Waals surface area contributed by atoms with E-state index >= 15 is 0 Å². The number of aliphatic hydroxyl groups is 2. The van der Waals surface area contributed by atoms with Gasteiger partial charge in [0.25, 0.3) is 0 Å². The number of thioether (sulfide) groups is 1. The highest BCUT2D eigenvalue weighted by Crippen LogP contribution is 1.94. The Morgan fingerprint density at radius 3 is 2.64 bits per heavy atom. The lowest BCUT2D eigenvalue weighted by atomic mass is 10.3. The van der Waals surface area contributed by atoms with Crippen LogP contribution in [0.2, 0.25) is 0 Å². The third-order valence-corrected chi connectivity index (χ3v) is 2.00. The minimum Gasteiger partial charge on any atom is -0.394 e. The van der Waals surface area contributed by atoms with Gasteiger partial charge in [0.2, 0.25) is 0 Å². The average Bonchev–Trinajstić information content (AvgIpc) is 2.00. The summed E-state index contributed by atoms with van der Waals surface area (Å²) in [6, 6.07) is 0. The molecule has 1 atom stereocenters. The molecule has 0 saturated heterocycles. The molecule has 11 heavy (non-hydrogen) atoms. The molecule has 0 rings (SSSR count). The lowest BCUT2D eigenvalue weighted by Crippen LogP contribution is -2.32. The maximum atomic E-state index is 9.03. The van der Waals surface area contributed by atoms with E-state index < -0.39 is 6.10 Å². The van der Waals surface area contributed by atoms with Gasteiger partial charge in [0, 0.05) is 18.8 Å². The van der Waals surface area contributed by atoms with Gasteiger partial charge in [-0.05, 0) is 13.3 Å². The maximum Gasteiger partial charge on any atom is 0.0897 e.